The molecule has 0 unspecified atom stereocenters. The minimum absolute atomic E-state index is 0.0204. The number of ether oxygens (including phenoxy) is 1. The van der Waals surface area contributed by atoms with Crippen LogP contribution in [0.15, 0.2) is 24.3 Å². The van der Waals surface area contributed by atoms with Gasteiger partial charge in [0.15, 0.2) is 0 Å². The average Bonchev–Trinajstić information content (AvgIpc) is 3.65. The zero-order valence-electron chi connectivity index (χ0n) is 19.4. The van der Waals surface area contributed by atoms with Crippen molar-refractivity contribution in [1.29, 1.82) is 0 Å². The molecule has 33 heavy (non-hydrogen) atoms. The topological polar surface area (TPSA) is 90.4 Å². The van der Waals surface area contributed by atoms with E-state index in [0.717, 1.165) is 64.2 Å². The van der Waals surface area contributed by atoms with Crippen molar-refractivity contribution in [2.45, 2.75) is 56.9 Å². The van der Waals surface area contributed by atoms with Crippen molar-refractivity contribution in [2.75, 3.05) is 44.3 Å². The molecule has 4 aliphatic rings. The minimum atomic E-state index is -0.673. The number of amides is 3. The lowest BCUT2D eigenvalue weighted by Crippen LogP contribution is -2.57. The average molecular weight is 458 g/mol. The molecule has 3 amide bonds. The second-order valence-electron chi connectivity index (χ2n) is 9.53. The predicted octanol–water partition coefficient (Wildman–Crippen LogP) is 3.31. The Balaban J connectivity index is 0.000000821. The second-order valence-corrected chi connectivity index (χ2v) is 9.53. The summed E-state index contributed by atoms with van der Waals surface area (Å²) in [5.74, 6) is 1.27. The Morgan fingerprint density at radius 3 is 2.39 bits per heavy atom. The quantitative estimate of drug-likeness (QED) is 0.539. The molecule has 180 valence electrons. The predicted molar refractivity (Wildman–Crippen MR) is 124 cm³/mol. The van der Waals surface area contributed by atoms with Crippen molar-refractivity contribution in [3.63, 3.8) is 0 Å². The molecule has 1 spiro atoms. The van der Waals surface area contributed by atoms with E-state index < -0.39 is 5.54 Å². The number of hydrogen-bond donors (Lipinski definition) is 1. The number of likely N-dealkylation sites (tertiary alicyclic amines) is 1. The Morgan fingerprint density at radius 2 is 1.79 bits per heavy atom. The monoisotopic (exact) mass is 457 g/mol. The molecule has 4 fully saturated rings. The van der Waals surface area contributed by atoms with E-state index in [9.17, 15) is 9.59 Å². The number of carbonyl (C=O) groups excluding carboxylic acids is 2. The fourth-order valence-electron chi connectivity index (χ4n) is 5.60. The summed E-state index contributed by atoms with van der Waals surface area (Å²) in [5, 5.41) is 6.89. The number of anilines is 1. The molecule has 1 N–H and O–H groups in total. The molecule has 1 saturated carbocycles. The lowest BCUT2D eigenvalue weighted by Gasteiger charge is -2.43. The van der Waals surface area contributed by atoms with Crippen molar-refractivity contribution in [1.82, 2.24) is 9.80 Å². The molecule has 5 rings (SSSR count). The third kappa shape index (κ3) is 4.77. The summed E-state index contributed by atoms with van der Waals surface area (Å²) >= 11 is 0. The first-order valence-corrected chi connectivity index (χ1v) is 12.2. The lowest BCUT2D eigenvalue weighted by atomic mass is 9.85. The van der Waals surface area contributed by atoms with Crippen LogP contribution in [0.2, 0.25) is 0 Å². The summed E-state index contributed by atoms with van der Waals surface area (Å²) < 4.78 is 5.49. The van der Waals surface area contributed by atoms with Crippen molar-refractivity contribution in [2.24, 2.45) is 5.92 Å². The highest BCUT2D eigenvalue weighted by Crippen LogP contribution is 2.43. The minimum Gasteiger partial charge on any atom is -0.483 e. The Bertz CT molecular complexity index is 857. The van der Waals surface area contributed by atoms with Gasteiger partial charge in [-0.3, -0.25) is 9.59 Å². The molecule has 8 heteroatoms. The van der Waals surface area contributed by atoms with Gasteiger partial charge in [0.1, 0.15) is 5.54 Å². The summed E-state index contributed by atoms with van der Waals surface area (Å²) in [6.07, 6.45) is 6.13. The van der Waals surface area contributed by atoms with E-state index in [1.165, 1.54) is 23.3 Å². The molecule has 0 radical (unpaired) electrons. The summed E-state index contributed by atoms with van der Waals surface area (Å²) in [7, 11) is 0. The maximum absolute atomic E-state index is 13.7. The van der Waals surface area contributed by atoms with Crippen LogP contribution in [0.25, 0.3) is 0 Å². The Hall–Kier alpha value is -2.45. The first kappa shape index (κ1) is 23.7. The number of carboxylic acid groups (broad SMARTS) is 1. The van der Waals surface area contributed by atoms with Crippen LogP contribution in [-0.4, -0.2) is 78.2 Å². The molecule has 0 atom stereocenters. The van der Waals surface area contributed by atoms with Gasteiger partial charge in [-0.25, -0.2) is 9.69 Å². The van der Waals surface area contributed by atoms with Crippen LogP contribution in [0.1, 0.15) is 56.9 Å². The SMILES string of the molecule is CCN1C(=O)N(c2cccc(C3CC3)c2)C(=O)C12CCN(CC1CCOCC1)CC2.O=CO. The highest BCUT2D eigenvalue weighted by molar-refractivity contribution is 6.23. The second kappa shape index (κ2) is 10.2. The van der Waals surface area contributed by atoms with Gasteiger partial charge in [0.05, 0.1) is 5.69 Å². The molecule has 0 bridgehead atoms. The van der Waals surface area contributed by atoms with E-state index >= 15 is 0 Å². The third-order valence-electron chi connectivity index (χ3n) is 7.57. The van der Waals surface area contributed by atoms with E-state index in [2.05, 4.69) is 17.0 Å². The highest BCUT2D eigenvalue weighted by atomic mass is 16.5. The normalized spacial score (nSPS) is 23.5. The number of hydrogen-bond acceptors (Lipinski definition) is 5. The Morgan fingerprint density at radius 1 is 1.12 bits per heavy atom. The number of rotatable bonds is 5. The van der Waals surface area contributed by atoms with Gasteiger partial charge in [-0.2, -0.15) is 0 Å². The third-order valence-corrected chi connectivity index (χ3v) is 7.57. The van der Waals surface area contributed by atoms with Crippen LogP contribution in [0.5, 0.6) is 0 Å². The van der Waals surface area contributed by atoms with Crippen LogP contribution in [0.4, 0.5) is 10.5 Å². The smallest absolute Gasteiger partial charge is 0.332 e. The maximum Gasteiger partial charge on any atom is 0.332 e. The summed E-state index contributed by atoms with van der Waals surface area (Å²) in [6, 6.07) is 7.93. The Kier molecular flexibility index (Phi) is 7.34. The van der Waals surface area contributed by atoms with Crippen LogP contribution < -0.4 is 4.90 Å². The fourth-order valence-corrected chi connectivity index (χ4v) is 5.60. The van der Waals surface area contributed by atoms with E-state index in [0.29, 0.717) is 18.4 Å². The maximum atomic E-state index is 13.7. The summed E-state index contributed by atoms with van der Waals surface area (Å²) in [6.45, 7) is 6.89. The van der Waals surface area contributed by atoms with Crippen LogP contribution >= 0.6 is 0 Å². The van der Waals surface area contributed by atoms with Gasteiger partial charge in [-0.05, 0) is 75.0 Å². The molecule has 8 nitrogen and oxygen atoms in total. The molecule has 1 aromatic carbocycles. The van der Waals surface area contributed by atoms with Crippen molar-refractivity contribution in [3.8, 4) is 0 Å². The molecule has 0 aromatic heterocycles. The number of urea groups is 1. The summed E-state index contributed by atoms with van der Waals surface area (Å²) in [5.41, 5.74) is 1.32. The molecule has 3 saturated heterocycles. The van der Waals surface area contributed by atoms with Crippen molar-refractivity contribution < 1.29 is 24.2 Å². The zero-order chi connectivity index (χ0) is 23.4. The van der Waals surface area contributed by atoms with Gasteiger partial charge in [-0.15, -0.1) is 0 Å². The largest absolute Gasteiger partial charge is 0.483 e. The van der Waals surface area contributed by atoms with Gasteiger partial charge in [0.25, 0.3) is 12.4 Å². The molecule has 1 aliphatic carbocycles. The van der Waals surface area contributed by atoms with Crippen LogP contribution in [-0.2, 0) is 14.3 Å². The number of benzene rings is 1. The van der Waals surface area contributed by atoms with E-state index in [4.69, 9.17) is 14.6 Å². The first-order valence-electron chi connectivity index (χ1n) is 12.2. The van der Waals surface area contributed by atoms with E-state index in [1.54, 1.807) is 0 Å². The molecular formula is C25H35N3O5. The number of carbonyl (C=O) groups is 3. The van der Waals surface area contributed by atoms with Crippen molar-refractivity contribution in [3.05, 3.63) is 29.8 Å². The van der Waals surface area contributed by atoms with E-state index in [1.807, 2.05) is 24.0 Å². The standard InChI is InChI=1S/C24H33N3O3.CH2O2/c1-2-26-23(29)27(21-5-3-4-20(16-21)19-6-7-19)22(28)24(26)10-12-25(13-11-24)17-18-8-14-30-15-9-18;2-1-3/h3-5,16,18-19H,2,6-15,17H2,1H3;1H,(H,2,3). The van der Waals surface area contributed by atoms with Crippen molar-refractivity contribution >= 4 is 24.1 Å². The number of nitrogens with zero attached hydrogens (tertiary/aromatic N) is 3. The molecule has 3 heterocycles. The fraction of sp³-hybridized carbons (Fsp3) is 0.640. The van der Waals surface area contributed by atoms with Gasteiger partial charge < -0.3 is 19.6 Å². The number of imide groups is 1. The van der Waals surface area contributed by atoms with Crippen LogP contribution in [0.3, 0.4) is 0 Å². The van der Waals surface area contributed by atoms with Gasteiger partial charge in [0, 0.05) is 39.4 Å². The van der Waals surface area contributed by atoms with E-state index in [-0.39, 0.29) is 18.4 Å². The highest BCUT2D eigenvalue weighted by Gasteiger charge is 2.57. The molecular weight excluding hydrogens is 422 g/mol. The number of piperidine rings is 1. The Labute approximate surface area is 195 Å². The molecule has 3 aliphatic heterocycles. The van der Waals surface area contributed by atoms with Crippen LogP contribution in [0, 0.1) is 5.92 Å². The lowest BCUT2D eigenvalue weighted by molar-refractivity contribution is -0.127. The molecule has 1 aromatic rings. The zero-order valence-corrected chi connectivity index (χ0v) is 19.4. The first-order chi connectivity index (χ1) is 16.0. The van der Waals surface area contributed by atoms with Gasteiger partial charge in [-0.1, -0.05) is 12.1 Å². The number of likely N-dealkylation sites (N-methyl/N-ethyl adjacent to an activating group) is 1. The summed E-state index contributed by atoms with van der Waals surface area (Å²) in [4.78, 5) is 41.2. The van der Waals surface area contributed by atoms with Gasteiger partial charge in [0.2, 0.25) is 0 Å². The van der Waals surface area contributed by atoms with Gasteiger partial charge >= 0.3 is 6.03 Å².